The van der Waals surface area contributed by atoms with Crippen molar-refractivity contribution in [1.29, 1.82) is 5.26 Å². The third-order valence-electron chi connectivity index (χ3n) is 1.79. The van der Waals surface area contributed by atoms with Crippen molar-refractivity contribution in [3.63, 3.8) is 0 Å². The van der Waals surface area contributed by atoms with Gasteiger partial charge in [0.25, 0.3) is 5.91 Å². The van der Waals surface area contributed by atoms with Gasteiger partial charge in [0.05, 0.1) is 6.07 Å². The minimum Gasteiger partial charge on any atom is -0.334 e. The Kier molecular flexibility index (Phi) is 3.05. The molecule has 0 saturated carbocycles. The van der Waals surface area contributed by atoms with Gasteiger partial charge < -0.3 is 5.32 Å². The average molecular weight is 206 g/mol. The molecule has 0 heterocycles. The van der Waals surface area contributed by atoms with E-state index in [1.165, 1.54) is 18.2 Å². The van der Waals surface area contributed by atoms with Gasteiger partial charge in [0.15, 0.2) is 0 Å². The summed E-state index contributed by atoms with van der Waals surface area (Å²) in [5.41, 5.74) is -0.748. The molecule has 0 aliphatic heterocycles. The van der Waals surface area contributed by atoms with E-state index in [0.29, 0.717) is 0 Å². The smallest absolute Gasteiger partial charge is 0.252 e. The van der Waals surface area contributed by atoms with Crippen molar-refractivity contribution < 1.29 is 9.18 Å². The Balaban J connectivity index is 2.84. The van der Waals surface area contributed by atoms with Crippen LogP contribution in [0.25, 0.3) is 0 Å². The van der Waals surface area contributed by atoms with Crippen molar-refractivity contribution in [3.05, 3.63) is 35.6 Å². The highest BCUT2D eigenvalue weighted by Crippen LogP contribution is 2.06. The highest BCUT2D eigenvalue weighted by atomic mass is 19.1. The van der Waals surface area contributed by atoms with Gasteiger partial charge in [-0.1, -0.05) is 6.07 Å². The third-order valence-corrected chi connectivity index (χ3v) is 1.79. The van der Waals surface area contributed by atoms with Crippen LogP contribution in [0.5, 0.6) is 0 Å². The lowest BCUT2D eigenvalue weighted by Crippen LogP contribution is -2.42. The maximum absolute atomic E-state index is 12.8. The molecular formula is C11H11FN2O. The summed E-state index contributed by atoms with van der Waals surface area (Å²) in [6, 6.07) is 7.25. The van der Waals surface area contributed by atoms with Crippen LogP contribution in [-0.2, 0) is 0 Å². The largest absolute Gasteiger partial charge is 0.334 e. The molecule has 0 aliphatic carbocycles. The Labute approximate surface area is 87.5 Å². The average Bonchev–Trinajstić information content (AvgIpc) is 2.17. The molecule has 0 atom stereocenters. The van der Waals surface area contributed by atoms with Crippen LogP contribution >= 0.6 is 0 Å². The maximum Gasteiger partial charge on any atom is 0.252 e. The molecule has 1 amide bonds. The number of nitrogens with one attached hydrogen (secondary N) is 1. The molecule has 0 saturated heterocycles. The highest BCUT2D eigenvalue weighted by Gasteiger charge is 2.20. The van der Waals surface area contributed by atoms with Gasteiger partial charge in [0.2, 0.25) is 0 Å². The Hall–Kier alpha value is -1.89. The van der Waals surface area contributed by atoms with Crippen molar-refractivity contribution in [3.8, 4) is 6.07 Å². The molecule has 0 radical (unpaired) electrons. The number of hydrogen-bond donors (Lipinski definition) is 1. The summed E-state index contributed by atoms with van der Waals surface area (Å²) in [7, 11) is 0. The first-order chi connectivity index (χ1) is 6.94. The van der Waals surface area contributed by atoms with E-state index in [1.54, 1.807) is 13.8 Å². The fourth-order valence-electron chi connectivity index (χ4n) is 1.01. The Bertz CT molecular complexity index is 421. The van der Waals surface area contributed by atoms with Gasteiger partial charge in [-0.15, -0.1) is 0 Å². The minimum atomic E-state index is -0.955. The molecule has 0 unspecified atom stereocenters. The van der Waals surface area contributed by atoms with Crippen LogP contribution < -0.4 is 5.32 Å². The number of carbonyl (C=O) groups is 1. The highest BCUT2D eigenvalue weighted by molar-refractivity contribution is 5.94. The van der Waals surface area contributed by atoms with Crippen molar-refractivity contribution in [2.24, 2.45) is 0 Å². The van der Waals surface area contributed by atoms with E-state index < -0.39 is 17.3 Å². The first kappa shape index (κ1) is 11.2. The van der Waals surface area contributed by atoms with E-state index in [0.717, 1.165) is 6.07 Å². The molecule has 1 aromatic carbocycles. The molecular weight excluding hydrogens is 195 g/mol. The lowest BCUT2D eigenvalue weighted by Gasteiger charge is -2.17. The van der Waals surface area contributed by atoms with Crippen molar-refractivity contribution >= 4 is 5.91 Å². The molecule has 15 heavy (non-hydrogen) atoms. The predicted octanol–water partition coefficient (Wildman–Crippen LogP) is 1.86. The number of benzene rings is 1. The first-order valence-electron chi connectivity index (χ1n) is 4.44. The first-order valence-corrected chi connectivity index (χ1v) is 4.44. The van der Waals surface area contributed by atoms with Gasteiger partial charge in [-0.3, -0.25) is 4.79 Å². The summed E-state index contributed by atoms with van der Waals surface area (Å²) in [6.45, 7) is 3.15. The number of halogens is 1. The Morgan fingerprint density at radius 3 is 2.73 bits per heavy atom. The standard InChI is InChI=1S/C11H11FN2O/c1-11(2,7-13)14-10(15)8-4-3-5-9(12)6-8/h3-6H,1-2H3,(H,14,15). The van der Waals surface area contributed by atoms with Crippen molar-refractivity contribution in [1.82, 2.24) is 5.32 Å². The minimum absolute atomic E-state index is 0.207. The van der Waals surface area contributed by atoms with Gasteiger partial charge in [-0.25, -0.2) is 4.39 Å². The van der Waals surface area contributed by atoms with E-state index in [9.17, 15) is 9.18 Å². The van der Waals surface area contributed by atoms with Crippen LogP contribution in [0.4, 0.5) is 4.39 Å². The fraction of sp³-hybridized carbons (Fsp3) is 0.273. The van der Waals surface area contributed by atoms with Crippen LogP contribution in [0.3, 0.4) is 0 Å². The SMILES string of the molecule is CC(C)(C#N)NC(=O)c1cccc(F)c1. The fourth-order valence-corrected chi connectivity index (χ4v) is 1.01. The molecule has 0 spiro atoms. The van der Waals surface area contributed by atoms with Gasteiger partial charge in [0.1, 0.15) is 11.4 Å². The maximum atomic E-state index is 12.8. The summed E-state index contributed by atoms with van der Waals surface area (Å²) >= 11 is 0. The number of hydrogen-bond acceptors (Lipinski definition) is 2. The van der Waals surface area contributed by atoms with E-state index in [2.05, 4.69) is 5.32 Å². The van der Waals surface area contributed by atoms with Gasteiger partial charge in [0, 0.05) is 5.56 Å². The van der Waals surface area contributed by atoms with Crippen LogP contribution in [-0.4, -0.2) is 11.4 Å². The van der Waals surface area contributed by atoms with E-state index >= 15 is 0 Å². The van der Waals surface area contributed by atoms with E-state index in [-0.39, 0.29) is 5.56 Å². The topological polar surface area (TPSA) is 52.9 Å². The molecule has 0 bridgehead atoms. The number of carbonyl (C=O) groups excluding carboxylic acids is 1. The number of rotatable bonds is 2. The van der Waals surface area contributed by atoms with Crippen LogP contribution in [0, 0.1) is 17.1 Å². The van der Waals surface area contributed by atoms with Gasteiger partial charge in [-0.05, 0) is 32.0 Å². The molecule has 0 fully saturated rings. The van der Waals surface area contributed by atoms with E-state index in [4.69, 9.17) is 5.26 Å². The molecule has 1 rings (SSSR count). The van der Waals surface area contributed by atoms with Crippen molar-refractivity contribution in [2.75, 3.05) is 0 Å². The second-order valence-electron chi connectivity index (χ2n) is 3.70. The Morgan fingerprint density at radius 2 is 2.20 bits per heavy atom. The molecule has 4 heteroatoms. The zero-order valence-corrected chi connectivity index (χ0v) is 8.54. The molecule has 1 N–H and O–H groups in total. The normalized spacial score (nSPS) is 10.5. The lowest BCUT2D eigenvalue weighted by atomic mass is 10.1. The second kappa shape index (κ2) is 4.09. The van der Waals surface area contributed by atoms with Crippen LogP contribution in [0.15, 0.2) is 24.3 Å². The van der Waals surface area contributed by atoms with Crippen LogP contribution in [0.1, 0.15) is 24.2 Å². The number of nitriles is 1. The molecule has 78 valence electrons. The summed E-state index contributed by atoms with van der Waals surface area (Å²) in [6.07, 6.45) is 0. The van der Waals surface area contributed by atoms with E-state index in [1.807, 2.05) is 6.07 Å². The predicted molar refractivity (Wildman–Crippen MR) is 53.6 cm³/mol. The number of nitrogens with zero attached hydrogens (tertiary/aromatic N) is 1. The van der Waals surface area contributed by atoms with Crippen molar-refractivity contribution in [2.45, 2.75) is 19.4 Å². The van der Waals surface area contributed by atoms with Gasteiger partial charge in [-0.2, -0.15) is 5.26 Å². The van der Waals surface area contributed by atoms with Crippen LogP contribution in [0.2, 0.25) is 0 Å². The zero-order valence-electron chi connectivity index (χ0n) is 8.54. The second-order valence-corrected chi connectivity index (χ2v) is 3.70. The quantitative estimate of drug-likeness (QED) is 0.802. The third kappa shape index (κ3) is 3.06. The monoisotopic (exact) mass is 206 g/mol. The lowest BCUT2D eigenvalue weighted by molar-refractivity contribution is 0.0929. The zero-order chi connectivity index (χ0) is 11.5. The summed E-state index contributed by atoms with van der Waals surface area (Å²) in [4.78, 5) is 11.5. The molecule has 3 nitrogen and oxygen atoms in total. The molecule has 1 aromatic rings. The Morgan fingerprint density at radius 1 is 1.53 bits per heavy atom. The summed E-state index contributed by atoms with van der Waals surface area (Å²) in [5.74, 6) is -0.932. The number of amides is 1. The molecule has 0 aromatic heterocycles. The summed E-state index contributed by atoms with van der Waals surface area (Å²) in [5, 5.41) is 11.2. The molecule has 0 aliphatic rings. The summed E-state index contributed by atoms with van der Waals surface area (Å²) < 4.78 is 12.8. The van der Waals surface area contributed by atoms with Gasteiger partial charge >= 0.3 is 0 Å².